The summed E-state index contributed by atoms with van der Waals surface area (Å²) in [6, 6.07) is 5.15. The maximum Gasteiger partial charge on any atom is 0.437 e. The van der Waals surface area contributed by atoms with Crippen molar-refractivity contribution in [1.82, 2.24) is 19.6 Å². The molecule has 0 bridgehead atoms. The molecule has 0 aliphatic heterocycles. The number of amides is 1. The first-order valence-corrected chi connectivity index (χ1v) is 9.00. The van der Waals surface area contributed by atoms with Crippen LogP contribution in [0.15, 0.2) is 33.5 Å². The normalized spacial score (nSPS) is 11.9. The molecular weight excluding hydrogens is 397 g/mol. The number of carbonyl (C=O) groups is 2. The van der Waals surface area contributed by atoms with Gasteiger partial charge in [0.05, 0.1) is 17.1 Å². The Morgan fingerprint density at radius 3 is 2.50 bits per heavy atom. The van der Waals surface area contributed by atoms with Gasteiger partial charge in [-0.2, -0.15) is 9.78 Å². The minimum atomic E-state index is -1.12. The number of nitrogens with one attached hydrogen (secondary N) is 1. The Balaban J connectivity index is 1.63. The van der Waals surface area contributed by atoms with Crippen LogP contribution in [0.1, 0.15) is 18.3 Å². The molecule has 0 saturated carbocycles. The fraction of sp³-hybridized carbons (Fsp3) is 0.316. The summed E-state index contributed by atoms with van der Waals surface area (Å²) in [6.45, 7) is 4.40. The number of halogens is 1. The van der Waals surface area contributed by atoms with E-state index in [9.17, 15) is 18.8 Å². The first-order chi connectivity index (χ1) is 14.2. The first kappa shape index (κ1) is 21.0. The third-order valence-corrected chi connectivity index (χ3v) is 4.41. The van der Waals surface area contributed by atoms with Gasteiger partial charge in [0.25, 0.3) is 5.91 Å². The van der Waals surface area contributed by atoms with Gasteiger partial charge in [0.1, 0.15) is 12.4 Å². The predicted octanol–water partition coefficient (Wildman–Crippen LogP) is 1.56. The molecular formula is C19H20FN5O5. The third kappa shape index (κ3) is 4.45. The van der Waals surface area contributed by atoms with Crippen molar-refractivity contribution in [2.75, 3.05) is 5.32 Å². The summed E-state index contributed by atoms with van der Waals surface area (Å²) >= 11 is 0. The van der Waals surface area contributed by atoms with E-state index < -0.39 is 36.1 Å². The lowest BCUT2D eigenvalue weighted by Gasteiger charge is -2.13. The van der Waals surface area contributed by atoms with Gasteiger partial charge in [-0.05, 0) is 45.0 Å². The molecule has 1 atom stereocenters. The second-order valence-electron chi connectivity index (χ2n) is 6.63. The van der Waals surface area contributed by atoms with Crippen LogP contribution in [0.4, 0.5) is 10.1 Å². The molecule has 0 spiro atoms. The molecule has 2 aromatic heterocycles. The SMILES string of the molecule is Cc1nn(C)c(C)c1NC(=O)C(C)OC(=O)Cn1nc(-c2ccc(F)cc2)oc1=O. The fourth-order valence-electron chi connectivity index (χ4n) is 2.70. The summed E-state index contributed by atoms with van der Waals surface area (Å²) in [5.74, 6) is -2.79. The molecule has 0 fully saturated rings. The number of ether oxygens (including phenoxy) is 1. The van der Waals surface area contributed by atoms with Gasteiger partial charge in [-0.15, -0.1) is 5.10 Å². The van der Waals surface area contributed by atoms with E-state index in [1.807, 2.05) is 0 Å². The van der Waals surface area contributed by atoms with Crippen LogP contribution in [-0.2, 0) is 27.9 Å². The van der Waals surface area contributed by atoms with Crippen LogP contribution in [0.2, 0.25) is 0 Å². The van der Waals surface area contributed by atoms with Crippen molar-refractivity contribution >= 4 is 17.6 Å². The number of esters is 1. The van der Waals surface area contributed by atoms with E-state index in [2.05, 4.69) is 15.5 Å². The van der Waals surface area contributed by atoms with Gasteiger partial charge in [0.15, 0.2) is 6.10 Å². The number of rotatable bonds is 6. The summed E-state index contributed by atoms with van der Waals surface area (Å²) in [5, 5.41) is 10.8. The summed E-state index contributed by atoms with van der Waals surface area (Å²) in [4.78, 5) is 36.4. The molecule has 1 aromatic carbocycles. The smallest absolute Gasteiger partial charge is 0.437 e. The van der Waals surface area contributed by atoms with E-state index in [0.717, 1.165) is 10.4 Å². The van der Waals surface area contributed by atoms with Gasteiger partial charge in [-0.25, -0.2) is 9.18 Å². The highest BCUT2D eigenvalue weighted by atomic mass is 19.1. The molecule has 0 radical (unpaired) electrons. The summed E-state index contributed by atoms with van der Waals surface area (Å²) in [7, 11) is 1.75. The van der Waals surface area contributed by atoms with Gasteiger partial charge in [-0.1, -0.05) is 0 Å². The van der Waals surface area contributed by atoms with E-state index in [-0.39, 0.29) is 5.89 Å². The number of aryl methyl sites for hydroxylation is 2. The number of nitrogens with zero attached hydrogens (tertiary/aromatic N) is 4. The van der Waals surface area contributed by atoms with Crippen molar-refractivity contribution in [2.24, 2.45) is 7.05 Å². The number of carbonyl (C=O) groups excluding carboxylic acids is 2. The lowest BCUT2D eigenvalue weighted by Crippen LogP contribution is -2.32. The second-order valence-corrected chi connectivity index (χ2v) is 6.63. The molecule has 1 unspecified atom stereocenters. The van der Waals surface area contributed by atoms with Crippen LogP contribution in [0.5, 0.6) is 0 Å². The van der Waals surface area contributed by atoms with E-state index in [0.29, 0.717) is 16.9 Å². The van der Waals surface area contributed by atoms with Crippen molar-refractivity contribution in [3.63, 3.8) is 0 Å². The molecule has 3 rings (SSSR count). The molecule has 0 aliphatic rings. The Bertz CT molecular complexity index is 1150. The minimum absolute atomic E-state index is 0.0684. The molecule has 3 aromatic rings. The van der Waals surface area contributed by atoms with Gasteiger partial charge < -0.3 is 14.5 Å². The predicted molar refractivity (Wildman–Crippen MR) is 103 cm³/mol. The Morgan fingerprint density at radius 2 is 1.90 bits per heavy atom. The van der Waals surface area contributed by atoms with Crippen molar-refractivity contribution in [2.45, 2.75) is 33.4 Å². The topological polar surface area (TPSA) is 121 Å². The Kier molecular flexibility index (Phi) is 5.81. The highest BCUT2D eigenvalue weighted by molar-refractivity contribution is 5.96. The Morgan fingerprint density at radius 1 is 1.23 bits per heavy atom. The number of anilines is 1. The number of hydrogen-bond donors (Lipinski definition) is 1. The van der Waals surface area contributed by atoms with Crippen molar-refractivity contribution < 1.29 is 23.1 Å². The average molecular weight is 417 g/mol. The zero-order valence-corrected chi connectivity index (χ0v) is 16.8. The van der Waals surface area contributed by atoms with Gasteiger partial charge in [-0.3, -0.25) is 14.3 Å². The maximum atomic E-state index is 13.0. The quantitative estimate of drug-likeness (QED) is 0.604. The van der Waals surface area contributed by atoms with E-state index in [1.165, 1.54) is 31.2 Å². The molecule has 0 saturated heterocycles. The highest BCUT2D eigenvalue weighted by Crippen LogP contribution is 2.19. The molecule has 1 N–H and O–H groups in total. The van der Waals surface area contributed by atoms with Crippen LogP contribution in [0, 0.1) is 19.7 Å². The van der Waals surface area contributed by atoms with Crippen LogP contribution >= 0.6 is 0 Å². The first-order valence-electron chi connectivity index (χ1n) is 9.00. The lowest BCUT2D eigenvalue weighted by atomic mass is 10.2. The van der Waals surface area contributed by atoms with E-state index in [4.69, 9.17) is 9.15 Å². The van der Waals surface area contributed by atoms with Crippen LogP contribution in [0.3, 0.4) is 0 Å². The Hall–Kier alpha value is -3.76. The fourth-order valence-corrected chi connectivity index (χ4v) is 2.70. The highest BCUT2D eigenvalue weighted by Gasteiger charge is 2.22. The molecule has 158 valence electrons. The van der Waals surface area contributed by atoms with Gasteiger partial charge >= 0.3 is 11.7 Å². The molecule has 0 aliphatic carbocycles. The van der Waals surface area contributed by atoms with Crippen molar-refractivity contribution in [3.8, 4) is 11.5 Å². The van der Waals surface area contributed by atoms with Gasteiger partial charge in [0, 0.05) is 12.6 Å². The zero-order valence-electron chi connectivity index (χ0n) is 16.8. The summed E-state index contributed by atoms with van der Waals surface area (Å²) in [5.41, 5.74) is 2.30. The van der Waals surface area contributed by atoms with Gasteiger partial charge in [0.2, 0.25) is 5.89 Å². The number of benzene rings is 1. The van der Waals surface area contributed by atoms with Crippen molar-refractivity contribution in [1.29, 1.82) is 0 Å². The zero-order chi connectivity index (χ0) is 22.0. The minimum Gasteiger partial charge on any atom is -0.451 e. The molecule has 30 heavy (non-hydrogen) atoms. The summed E-state index contributed by atoms with van der Waals surface area (Å²) in [6.07, 6.45) is -1.12. The second kappa shape index (κ2) is 8.31. The molecule has 1 amide bonds. The van der Waals surface area contributed by atoms with E-state index in [1.54, 1.807) is 25.6 Å². The standard InChI is InChI=1S/C19H20FN5O5/c1-10-16(11(2)24(4)22-10)21-17(27)12(3)29-15(26)9-25-19(28)30-18(23-25)13-5-7-14(20)8-6-13/h5-8,12H,9H2,1-4H3,(H,21,27). The molecule has 10 nitrogen and oxygen atoms in total. The average Bonchev–Trinajstić information content (AvgIpc) is 3.16. The molecule has 2 heterocycles. The maximum absolute atomic E-state index is 13.0. The third-order valence-electron chi connectivity index (χ3n) is 4.41. The van der Waals surface area contributed by atoms with Crippen LogP contribution < -0.4 is 11.1 Å². The van der Waals surface area contributed by atoms with Crippen molar-refractivity contribution in [3.05, 3.63) is 52.0 Å². The monoisotopic (exact) mass is 417 g/mol. The Labute approximate surface area is 170 Å². The largest absolute Gasteiger partial charge is 0.451 e. The summed E-state index contributed by atoms with van der Waals surface area (Å²) < 4.78 is 25.5. The van der Waals surface area contributed by atoms with Crippen LogP contribution in [-0.4, -0.2) is 37.5 Å². The van der Waals surface area contributed by atoms with E-state index >= 15 is 0 Å². The number of aromatic nitrogens is 4. The number of hydrogen-bond acceptors (Lipinski definition) is 7. The van der Waals surface area contributed by atoms with Crippen LogP contribution in [0.25, 0.3) is 11.5 Å². The molecule has 11 heteroatoms. The lowest BCUT2D eigenvalue weighted by molar-refractivity contribution is -0.154.